The van der Waals surface area contributed by atoms with Crippen molar-refractivity contribution in [3.63, 3.8) is 0 Å². The molecule has 10 heteroatoms. The number of amides is 2. The molecule has 0 N–H and O–H groups in total. The van der Waals surface area contributed by atoms with Crippen molar-refractivity contribution in [3.05, 3.63) is 143 Å². The molecule has 50 heavy (non-hydrogen) atoms. The predicted molar refractivity (Wildman–Crippen MR) is 189 cm³/mol. The van der Waals surface area contributed by atoms with Crippen molar-refractivity contribution in [2.24, 2.45) is 0 Å². The van der Waals surface area contributed by atoms with Gasteiger partial charge >= 0.3 is 0 Å². The number of rotatable bonds is 12. The van der Waals surface area contributed by atoms with Crippen molar-refractivity contribution in [3.8, 4) is 28.7 Å². The van der Waals surface area contributed by atoms with Crippen LogP contribution in [0, 0.1) is 6.57 Å². The molecular formula is C40H36N4O6. The Morgan fingerprint density at radius 3 is 2.08 bits per heavy atom. The molecule has 1 atom stereocenters. The van der Waals surface area contributed by atoms with Crippen molar-refractivity contribution < 1.29 is 28.5 Å². The van der Waals surface area contributed by atoms with Crippen LogP contribution in [0.1, 0.15) is 39.5 Å². The lowest BCUT2D eigenvalue weighted by atomic mass is 9.98. The third-order valence-corrected chi connectivity index (χ3v) is 8.57. The summed E-state index contributed by atoms with van der Waals surface area (Å²) in [4.78, 5) is 39.1. The molecule has 0 spiro atoms. The van der Waals surface area contributed by atoms with E-state index in [4.69, 9.17) is 30.5 Å². The standard InChI is InChI=1S/C40H36N4O6/c1-41-33-8-5-6-10-35(33)50-37-22-29(16-21-36(37)49-4)30-23-39(45)44(26-30)38-11-7-9-34(42-38)40(46)43(24-27-12-17-31(47-2)18-13-27)25-28-14-19-32(48-3)20-15-28/h5-22,30H,23-26H2,2-4H3/t30-/m0/s1. The van der Waals surface area contributed by atoms with Crippen LogP contribution in [0.25, 0.3) is 4.85 Å². The normalized spacial score (nSPS) is 13.8. The Labute approximate surface area is 291 Å². The molecule has 0 radical (unpaired) electrons. The van der Waals surface area contributed by atoms with E-state index in [1.807, 2.05) is 60.7 Å². The van der Waals surface area contributed by atoms with Crippen LogP contribution in [0.5, 0.6) is 28.7 Å². The third kappa shape index (κ3) is 7.53. The monoisotopic (exact) mass is 668 g/mol. The SMILES string of the molecule is [C-]#[N+]c1ccccc1Oc1cc([C@H]2CC(=O)N(c3cccc(C(=O)N(Cc4ccc(OC)cc4)Cc4ccc(OC)cc4)n3)C2)ccc1OC. The molecule has 2 amide bonds. The van der Waals surface area contributed by atoms with Gasteiger partial charge in [-0.15, -0.1) is 0 Å². The van der Waals surface area contributed by atoms with E-state index < -0.39 is 0 Å². The van der Waals surface area contributed by atoms with Gasteiger partial charge in [0.25, 0.3) is 5.91 Å². The Morgan fingerprint density at radius 1 is 0.800 bits per heavy atom. The van der Waals surface area contributed by atoms with Crippen LogP contribution in [0.15, 0.2) is 109 Å². The summed E-state index contributed by atoms with van der Waals surface area (Å²) in [6.45, 7) is 8.53. The van der Waals surface area contributed by atoms with E-state index in [0.717, 1.165) is 28.2 Å². The van der Waals surface area contributed by atoms with Crippen molar-refractivity contribution in [1.29, 1.82) is 0 Å². The molecule has 0 unspecified atom stereocenters. The minimum Gasteiger partial charge on any atom is -0.497 e. The van der Waals surface area contributed by atoms with Gasteiger partial charge in [0.05, 0.1) is 27.9 Å². The summed E-state index contributed by atoms with van der Waals surface area (Å²) in [6.07, 6.45) is 0.255. The molecule has 4 aromatic carbocycles. The van der Waals surface area contributed by atoms with Gasteiger partial charge in [0.2, 0.25) is 11.6 Å². The molecule has 6 rings (SSSR count). The Morgan fingerprint density at radius 2 is 1.46 bits per heavy atom. The maximum Gasteiger partial charge on any atom is 0.273 e. The molecule has 1 saturated heterocycles. The first-order chi connectivity index (χ1) is 24.4. The summed E-state index contributed by atoms with van der Waals surface area (Å²) in [6, 6.07) is 32.9. The van der Waals surface area contributed by atoms with Gasteiger partial charge in [-0.1, -0.05) is 54.6 Å². The molecule has 0 bridgehead atoms. The van der Waals surface area contributed by atoms with Crippen molar-refractivity contribution in [2.75, 3.05) is 32.8 Å². The second-order valence-electron chi connectivity index (χ2n) is 11.7. The zero-order valence-electron chi connectivity index (χ0n) is 28.0. The van der Waals surface area contributed by atoms with Crippen molar-refractivity contribution in [2.45, 2.75) is 25.4 Å². The van der Waals surface area contributed by atoms with Gasteiger partial charge in [0.1, 0.15) is 28.8 Å². The van der Waals surface area contributed by atoms with E-state index in [2.05, 4.69) is 4.85 Å². The van der Waals surface area contributed by atoms with Crippen LogP contribution in [0.3, 0.4) is 0 Å². The van der Waals surface area contributed by atoms with E-state index >= 15 is 0 Å². The predicted octanol–water partition coefficient (Wildman–Crippen LogP) is 7.81. The van der Waals surface area contributed by atoms with Crippen LogP contribution in [0.4, 0.5) is 11.5 Å². The summed E-state index contributed by atoms with van der Waals surface area (Å²) < 4.78 is 22.3. The summed E-state index contributed by atoms with van der Waals surface area (Å²) in [5.41, 5.74) is 3.37. The zero-order valence-corrected chi connectivity index (χ0v) is 28.0. The van der Waals surface area contributed by atoms with E-state index in [1.54, 1.807) is 79.7 Å². The highest BCUT2D eigenvalue weighted by Crippen LogP contribution is 2.40. The van der Waals surface area contributed by atoms with Gasteiger partial charge in [-0.3, -0.25) is 14.5 Å². The van der Waals surface area contributed by atoms with Gasteiger partial charge in [0.15, 0.2) is 11.5 Å². The number of pyridine rings is 1. The van der Waals surface area contributed by atoms with E-state index in [9.17, 15) is 9.59 Å². The maximum absolute atomic E-state index is 14.1. The first kappa shape index (κ1) is 33.6. The highest BCUT2D eigenvalue weighted by atomic mass is 16.5. The lowest BCUT2D eigenvalue weighted by Gasteiger charge is -2.24. The summed E-state index contributed by atoms with van der Waals surface area (Å²) in [7, 11) is 4.78. The minimum absolute atomic E-state index is 0.0999. The Hall–Kier alpha value is -6.34. The second kappa shape index (κ2) is 15.3. The number of para-hydroxylation sites is 2. The fraction of sp³-hybridized carbons (Fsp3) is 0.200. The number of methoxy groups -OCH3 is 3. The Bertz CT molecular complexity index is 1970. The van der Waals surface area contributed by atoms with Gasteiger partial charge in [-0.25, -0.2) is 9.83 Å². The van der Waals surface area contributed by atoms with E-state index in [0.29, 0.717) is 48.4 Å². The molecule has 0 saturated carbocycles. The first-order valence-corrected chi connectivity index (χ1v) is 16.0. The van der Waals surface area contributed by atoms with Crippen LogP contribution < -0.4 is 23.8 Å². The van der Waals surface area contributed by atoms with Gasteiger partial charge < -0.3 is 23.8 Å². The number of hydrogen-bond acceptors (Lipinski definition) is 7. The number of ether oxygens (including phenoxy) is 4. The van der Waals surface area contributed by atoms with Crippen LogP contribution in [0.2, 0.25) is 0 Å². The smallest absolute Gasteiger partial charge is 0.273 e. The fourth-order valence-electron chi connectivity index (χ4n) is 5.89. The van der Waals surface area contributed by atoms with E-state index in [-0.39, 0.29) is 29.8 Å². The van der Waals surface area contributed by atoms with Crippen LogP contribution in [-0.2, 0) is 17.9 Å². The Kier molecular flexibility index (Phi) is 10.2. The minimum atomic E-state index is -0.265. The summed E-state index contributed by atoms with van der Waals surface area (Å²) in [5, 5.41) is 0. The first-order valence-electron chi connectivity index (χ1n) is 16.0. The number of carbonyl (C=O) groups excluding carboxylic acids is 2. The molecular weight excluding hydrogens is 632 g/mol. The fourth-order valence-corrected chi connectivity index (χ4v) is 5.89. The van der Waals surface area contributed by atoms with Crippen molar-refractivity contribution >= 4 is 23.3 Å². The quantitative estimate of drug-likeness (QED) is 0.125. The highest BCUT2D eigenvalue weighted by molar-refractivity contribution is 5.97. The largest absolute Gasteiger partial charge is 0.497 e. The maximum atomic E-state index is 14.1. The lowest BCUT2D eigenvalue weighted by molar-refractivity contribution is -0.117. The number of hydrogen-bond donors (Lipinski definition) is 0. The highest BCUT2D eigenvalue weighted by Gasteiger charge is 2.33. The molecule has 5 aromatic rings. The molecule has 1 fully saturated rings. The number of anilines is 1. The number of carbonyl (C=O) groups is 2. The molecule has 1 aliphatic rings. The average Bonchev–Trinajstić information content (AvgIpc) is 3.56. The molecule has 252 valence electrons. The second-order valence-corrected chi connectivity index (χ2v) is 11.7. The lowest BCUT2D eigenvalue weighted by Crippen LogP contribution is -2.32. The van der Waals surface area contributed by atoms with Gasteiger partial charge in [0, 0.05) is 32.0 Å². The Balaban J connectivity index is 1.23. The topological polar surface area (TPSA) is 94.8 Å². The summed E-state index contributed by atoms with van der Waals surface area (Å²) >= 11 is 0. The molecule has 0 aliphatic carbocycles. The third-order valence-electron chi connectivity index (χ3n) is 8.57. The van der Waals surface area contributed by atoms with Crippen LogP contribution >= 0.6 is 0 Å². The molecule has 1 aliphatic heterocycles. The van der Waals surface area contributed by atoms with Crippen molar-refractivity contribution in [1.82, 2.24) is 9.88 Å². The van der Waals surface area contributed by atoms with Gasteiger partial charge in [-0.2, -0.15) is 0 Å². The van der Waals surface area contributed by atoms with Crippen LogP contribution in [-0.4, -0.2) is 49.6 Å². The van der Waals surface area contributed by atoms with E-state index in [1.165, 1.54) is 0 Å². The molecule has 10 nitrogen and oxygen atoms in total. The summed E-state index contributed by atoms with van der Waals surface area (Å²) in [5.74, 6) is 2.73. The number of nitrogens with zero attached hydrogens (tertiary/aromatic N) is 4. The number of aromatic nitrogens is 1. The molecule has 1 aromatic heterocycles. The van der Waals surface area contributed by atoms with Gasteiger partial charge in [-0.05, 0) is 71.3 Å². The average molecular weight is 669 g/mol. The zero-order chi connectivity index (χ0) is 35.0. The molecule has 2 heterocycles. The number of benzene rings is 4.